The molecular weight excluding hydrogens is 402 g/mol. The molecule has 1 saturated heterocycles. The molecule has 0 aromatic carbocycles. The Bertz CT molecular complexity index is 749. The first kappa shape index (κ1) is 24.2. The predicted molar refractivity (Wildman–Crippen MR) is 102 cm³/mol. The molecule has 1 aliphatic rings. The Morgan fingerprint density at radius 2 is 1.90 bits per heavy atom. The number of aliphatic hydroxyl groups is 3. The topological polar surface area (TPSA) is 162 Å². The van der Waals surface area contributed by atoms with Gasteiger partial charge in [-0.1, -0.05) is 0 Å². The van der Waals surface area contributed by atoms with Gasteiger partial charge in [0.1, 0.15) is 23.7 Å². The highest BCUT2D eigenvalue weighted by atomic mass is 16.7. The van der Waals surface area contributed by atoms with Crippen molar-refractivity contribution in [2.45, 2.75) is 45.3 Å². The van der Waals surface area contributed by atoms with Crippen LogP contribution in [0.2, 0.25) is 0 Å². The lowest BCUT2D eigenvalue weighted by Gasteiger charge is -2.26. The second-order valence-corrected chi connectivity index (χ2v) is 7.06. The SMILES string of the molecule is CCOCC(C)(COCC)C(=O)ONc1ccn([C@@H]2O[C@H](CO)[C@@H](O)[C@H]2O)c(=O)n1. The summed E-state index contributed by atoms with van der Waals surface area (Å²) in [5.74, 6) is -0.703. The molecule has 0 spiro atoms. The zero-order valence-corrected chi connectivity index (χ0v) is 17.2. The fourth-order valence-corrected chi connectivity index (χ4v) is 2.81. The summed E-state index contributed by atoms with van der Waals surface area (Å²) in [5, 5.41) is 29.0. The van der Waals surface area contributed by atoms with Crippen molar-refractivity contribution in [2.24, 2.45) is 5.41 Å². The standard InChI is InChI=1S/C18H29N3O9/c1-4-27-9-18(3,10-28-5-2)16(25)30-20-12-6-7-21(17(26)19-12)15-14(24)13(23)11(8-22)29-15/h6-7,11,13-15,22-24H,4-5,8-10H2,1-3H3,(H,19,20,26)/t11-,13-,14-,15-/m1/s1. The minimum Gasteiger partial charge on any atom is -0.394 e. The van der Waals surface area contributed by atoms with Crippen LogP contribution in [-0.2, 0) is 23.8 Å². The molecule has 1 fully saturated rings. The van der Waals surface area contributed by atoms with Gasteiger partial charge in [-0.3, -0.25) is 4.57 Å². The molecule has 4 N–H and O–H groups in total. The van der Waals surface area contributed by atoms with Crippen LogP contribution in [0.3, 0.4) is 0 Å². The van der Waals surface area contributed by atoms with Crippen LogP contribution in [0, 0.1) is 5.41 Å². The smallest absolute Gasteiger partial charge is 0.351 e. The van der Waals surface area contributed by atoms with E-state index in [9.17, 15) is 19.8 Å². The zero-order chi connectivity index (χ0) is 22.3. The molecule has 0 bridgehead atoms. The number of hydrogen-bond donors (Lipinski definition) is 4. The Labute approximate surface area is 173 Å². The maximum Gasteiger partial charge on any atom is 0.351 e. The third kappa shape index (κ3) is 5.53. The van der Waals surface area contributed by atoms with Crippen molar-refractivity contribution in [3.8, 4) is 0 Å². The number of hydrogen-bond acceptors (Lipinski definition) is 11. The van der Waals surface area contributed by atoms with Crippen LogP contribution in [0.5, 0.6) is 0 Å². The minimum absolute atomic E-state index is 0.0495. The number of carbonyl (C=O) groups excluding carboxylic acids is 1. The number of ether oxygens (including phenoxy) is 3. The number of carbonyl (C=O) groups is 1. The van der Waals surface area contributed by atoms with E-state index >= 15 is 0 Å². The van der Waals surface area contributed by atoms with E-state index in [1.54, 1.807) is 20.8 Å². The number of aliphatic hydroxyl groups excluding tert-OH is 3. The Hall–Kier alpha value is -2.09. The monoisotopic (exact) mass is 431 g/mol. The van der Waals surface area contributed by atoms with Crippen molar-refractivity contribution in [3.63, 3.8) is 0 Å². The van der Waals surface area contributed by atoms with E-state index in [2.05, 4.69) is 10.5 Å². The first-order chi connectivity index (χ1) is 14.3. The molecular formula is C18H29N3O9. The quantitative estimate of drug-likeness (QED) is 0.312. The predicted octanol–water partition coefficient (Wildman–Crippen LogP) is -1.20. The molecule has 4 atom stereocenters. The number of nitrogens with one attached hydrogen (secondary N) is 1. The van der Waals surface area contributed by atoms with Crippen molar-refractivity contribution in [2.75, 3.05) is 38.5 Å². The highest BCUT2D eigenvalue weighted by Gasteiger charge is 2.43. The van der Waals surface area contributed by atoms with E-state index in [1.165, 1.54) is 12.3 Å². The first-order valence-corrected chi connectivity index (χ1v) is 9.61. The Kier molecular flexibility index (Phi) is 8.70. The highest BCUT2D eigenvalue weighted by molar-refractivity contribution is 5.77. The zero-order valence-electron chi connectivity index (χ0n) is 17.2. The maximum atomic E-state index is 12.5. The van der Waals surface area contributed by atoms with Gasteiger partial charge in [0.2, 0.25) is 0 Å². The molecule has 30 heavy (non-hydrogen) atoms. The van der Waals surface area contributed by atoms with E-state index in [0.29, 0.717) is 13.2 Å². The number of anilines is 1. The number of aromatic nitrogens is 2. The minimum atomic E-state index is -1.42. The molecule has 2 heterocycles. The molecule has 1 aromatic heterocycles. The lowest BCUT2D eigenvalue weighted by molar-refractivity contribution is -0.160. The molecule has 0 amide bonds. The van der Waals surface area contributed by atoms with Crippen LogP contribution >= 0.6 is 0 Å². The summed E-state index contributed by atoms with van der Waals surface area (Å²) in [6.45, 7) is 5.73. The van der Waals surface area contributed by atoms with Gasteiger partial charge in [-0.05, 0) is 20.8 Å². The van der Waals surface area contributed by atoms with Gasteiger partial charge in [0.05, 0.1) is 19.8 Å². The van der Waals surface area contributed by atoms with Gasteiger partial charge in [-0.25, -0.2) is 15.1 Å². The van der Waals surface area contributed by atoms with Crippen molar-refractivity contribution >= 4 is 11.8 Å². The Morgan fingerprint density at radius 1 is 1.27 bits per heavy atom. The Morgan fingerprint density at radius 3 is 2.40 bits per heavy atom. The third-order valence-electron chi connectivity index (χ3n) is 4.61. The summed E-state index contributed by atoms with van der Waals surface area (Å²) >= 11 is 0. The van der Waals surface area contributed by atoms with Crippen LogP contribution in [0.25, 0.3) is 0 Å². The van der Waals surface area contributed by atoms with Crippen molar-refractivity contribution < 1.29 is 39.2 Å². The molecule has 170 valence electrons. The molecule has 0 radical (unpaired) electrons. The summed E-state index contributed by atoms with van der Waals surface area (Å²) in [6, 6.07) is 1.33. The second kappa shape index (κ2) is 10.8. The molecule has 12 heteroatoms. The molecule has 12 nitrogen and oxygen atoms in total. The molecule has 0 unspecified atom stereocenters. The van der Waals surface area contributed by atoms with Gasteiger partial charge in [0, 0.05) is 25.5 Å². The fraction of sp³-hybridized carbons (Fsp3) is 0.722. The lowest BCUT2D eigenvalue weighted by Crippen LogP contribution is -2.40. The average molecular weight is 431 g/mol. The van der Waals surface area contributed by atoms with Gasteiger partial charge >= 0.3 is 11.7 Å². The molecule has 0 aliphatic carbocycles. The maximum absolute atomic E-state index is 12.5. The van der Waals surface area contributed by atoms with Gasteiger partial charge < -0.3 is 34.4 Å². The molecule has 1 aliphatic heterocycles. The van der Waals surface area contributed by atoms with E-state index in [4.69, 9.17) is 24.2 Å². The van der Waals surface area contributed by atoms with E-state index in [0.717, 1.165) is 4.57 Å². The summed E-state index contributed by atoms with van der Waals surface area (Å²) < 4.78 is 17.0. The summed E-state index contributed by atoms with van der Waals surface area (Å²) in [4.78, 5) is 33.6. The fourth-order valence-electron chi connectivity index (χ4n) is 2.81. The third-order valence-corrected chi connectivity index (χ3v) is 4.61. The van der Waals surface area contributed by atoms with E-state index in [-0.39, 0.29) is 19.0 Å². The van der Waals surface area contributed by atoms with Crippen LogP contribution in [-0.4, -0.2) is 82.2 Å². The Balaban J connectivity index is 2.05. The van der Waals surface area contributed by atoms with E-state index < -0.39 is 48.2 Å². The number of nitrogens with zero attached hydrogens (tertiary/aromatic N) is 2. The number of rotatable bonds is 11. The van der Waals surface area contributed by atoms with Gasteiger partial charge in [-0.15, -0.1) is 0 Å². The summed E-state index contributed by atoms with van der Waals surface area (Å²) in [7, 11) is 0. The molecule has 1 aromatic rings. The van der Waals surface area contributed by atoms with Crippen LogP contribution in [0.1, 0.15) is 27.0 Å². The van der Waals surface area contributed by atoms with Crippen LogP contribution < -0.4 is 11.2 Å². The summed E-state index contributed by atoms with van der Waals surface area (Å²) in [5.41, 5.74) is 0.438. The highest BCUT2D eigenvalue weighted by Crippen LogP contribution is 2.28. The van der Waals surface area contributed by atoms with Crippen molar-refractivity contribution in [1.29, 1.82) is 0 Å². The molecule has 2 rings (SSSR count). The van der Waals surface area contributed by atoms with Crippen LogP contribution in [0.4, 0.5) is 5.82 Å². The van der Waals surface area contributed by atoms with Gasteiger partial charge in [0.25, 0.3) is 0 Å². The normalized spacial score (nSPS) is 24.1. The largest absolute Gasteiger partial charge is 0.394 e. The summed E-state index contributed by atoms with van der Waals surface area (Å²) in [6.07, 6.45) is -3.75. The first-order valence-electron chi connectivity index (χ1n) is 9.61. The van der Waals surface area contributed by atoms with E-state index in [1.807, 2.05) is 0 Å². The van der Waals surface area contributed by atoms with Gasteiger partial charge in [0.15, 0.2) is 12.0 Å². The average Bonchev–Trinajstić information content (AvgIpc) is 3.03. The van der Waals surface area contributed by atoms with Crippen molar-refractivity contribution in [3.05, 3.63) is 22.7 Å². The second-order valence-electron chi connectivity index (χ2n) is 7.06. The molecule has 0 saturated carbocycles. The van der Waals surface area contributed by atoms with Crippen molar-refractivity contribution in [1.82, 2.24) is 9.55 Å². The van der Waals surface area contributed by atoms with Crippen LogP contribution in [0.15, 0.2) is 17.1 Å². The van der Waals surface area contributed by atoms with Gasteiger partial charge in [-0.2, -0.15) is 4.98 Å². The lowest BCUT2D eigenvalue weighted by atomic mass is 9.93.